The van der Waals surface area contributed by atoms with Crippen molar-refractivity contribution in [1.82, 2.24) is 0 Å². The summed E-state index contributed by atoms with van der Waals surface area (Å²) in [5.41, 5.74) is 0.912. The zero-order valence-electron chi connectivity index (χ0n) is 6.55. The van der Waals surface area contributed by atoms with Gasteiger partial charge in [-0.2, -0.15) is 0 Å². The molecule has 13 heavy (non-hydrogen) atoms. The van der Waals surface area contributed by atoms with Crippen LogP contribution in [0.25, 0.3) is 10.1 Å². The molecule has 68 valence electrons. The van der Waals surface area contributed by atoms with E-state index < -0.39 is 0 Å². The molecule has 0 unspecified atom stereocenters. The maximum absolute atomic E-state index is 9.14. The number of aliphatic hydroxyl groups excluding tert-OH is 1. The Labute approximate surface area is 96.6 Å². The lowest BCUT2D eigenvalue weighted by Crippen LogP contribution is -1.87. The number of halogens is 2. The second-order valence-electron chi connectivity index (χ2n) is 2.65. The average Bonchev–Trinajstić information content (AvgIpc) is 2.53. The predicted molar refractivity (Wildman–Crippen MR) is 63.1 cm³/mol. The second-order valence-corrected chi connectivity index (χ2v) is 5.21. The molecule has 0 aliphatic heterocycles. The van der Waals surface area contributed by atoms with Crippen molar-refractivity contribution in [3.05, 3.63) is 32.0 Å². The normalized spacial score (nSPS) is 11.0. The Hall–Kier alpha value is 0.1000. The SMILES string of the molecule is OCc1c(Br)cc2ccsc2c1Br. The lowest BCUT2D eigenvalue weighted by Gasteiger charge is -2.04. The molecule has 0 saturated carbocycles. The number of hydrogen-bond acceptors (Lipinski definition) is 2. The van der Waals surface area contributed by atoms with Gasteiger partial charge in [-0.25, -0.2) is 0 Å². The molecule has 0 aliphatic carbocycles. The van der Waals surface area contributed by atoms with E-state index in [1.54, 1.807) is 11.3 Å². The Bertz CT molecular complexity index is 450. The molecule has 4 heteroatoms. The number of hydrogen-bond donors (Lipinski definition) is 1. The standard InChI is InChI=1S/C9H6Br2OS/c10-7-3-5-1-2-13-9(5)8(11)6(7)4-12/h1-3,12H,4H2. The molecule has 2 aromatic rings. The van der Waals surface area contributed by atoms with Crippen LogP contribution in [0.2, 0.25) is 0 Å². The van der Waals surface area contributed by atoms with E-state index in [1.807, 2.05) is 11.4 Å². The van der Waals surface area contributed by atoms with Crippen molar-refractivity contribution in [2.24, 2.45) is 0 Å². The van der Waals surface area contributed by atoms with Gasteiger partial charge in [0.25, 0.3) is 0 Å². The van der Waals surface area contributed by atoms with Crippen molar-refractivity contribution in [2.45, 2.75) is 6.61 Å². The third kappa shape index (κ3) is 1.56. The van der Waals surface area contributed by atoms with Gasteiger partial charge in [-0.05, 0) is 38.8 Å². The highest BCUT2D eigenvalue weighted by atomic mass is 79.9. The number of thiophene rings is 1. The molecule has 1 N–H and O–H groups in total. The fourth-order valence-corrected chi connectivity index (χ4v) is 3.75. The highest BCUT2D eigenvalue weighted by Gasteiger charge is 2.09. The van der Waals surface area contributed by atoms with Crippen molar-refractivity contribution in [3.8, 4) is 0 Å². The van der Waals surface area contributed by atoms with Crippen molar-refractivity contribution >= 4 is 53.3 Å². The summed E-state index contributed by atoms with van der Waals surface area (Å²) in [6.07, 6.45) is 0. The summed E-state index contributed by atoms with van der Waals surface area (Å²) in [4.78, 5) is 0. The predicted octanol–water partition coefficient (Wildman–Crippen LogP) is 3.92. The van der Waals surface area contributed by atoms with E-state index in [0.29, 0.717) is 0 Å². The van der Waals surface area contributed by atoms with Crippen molar-refractivity contribution in [2.75, 3.05) is 0 Å². The summed E-state index contributed by atoms with van der Waals surface area (Å²) in [7, 11) is 0. The lowest BCUT2D eigenvalue weighted by molar-refractivity contribution is 0.280. The Balaban J connectivity index is 2.85. The highest BCUT2D eigenvalue weighted by Crippen LogP contribution is 2.36. The molecular weight excluding hydrogens is 316 g/mol. The van der Waals surface area contributed by atoms with E-state index in [-0.39, 0.29) is 6.61 Å². The molecule has 0 aliphatic rings. The van der Waals surface area contributed by atoms with E-state index >= 15 is 0 Å². The van der Waals surface area contributed by atoms with E-state index in [1.165, 1.54) is 10.1 Å². The second kappa shape index (κ2) is 3.69. The summed E-state index contributed by atoms with van der Waals surface area (Å²) < 4.78 is 3.13. The van der Waals surface area contributed by atoms with Gasteiger partial charge in [-0.1, -0.05) is 15.9 Å². The zero-order valence-corrected chi connectivity index (χ0v) is 10.5. The molecule has 0 radical (unpaired) electrons. The summed E-state index contributed by atoms with van der Waals surface area (Å²) in [6.45, 7) is 0.0506. The van der Waals surface area contributed by atoms with Crippen LogP contribution in [0.3, 0.4) is 0 Å². The van der Waals surface area contributed by atoms with Crippen LogP contribution in [-0.2, 0) is 6.61 Å². The monoisotopic (exact) mass is 320 g/mol. The summed E-state index contributed by atoms with van der Waals surface area (Å²) in [5.74, 6) is 0. The molecule has 0 fully saturated rings. The number of rotatable bonds is 1. The van der Waals surface area contributed by atoms with Crippen LogP contribution in [0.1, 0.15) is 5.56 Å². The molecule has 0 amide bonds. The van der Waals surface area contributed by atoms with Gasteiger partial charge in [0, 0.05) is 19.2 Å². The number of benzene rings is 1. The van der Waals surface area contributed by atoms with Gasteiger partial charge < -0.3 is 5.11 Å². The van der Waals surface area contributed by atoms with E-state index in [0.717, 1.165) is 14.5 Å². The Morgan fingerprint density at radius 3 is 2.85 bits per heavy atom. The van der Waals surface area contributed by atoms with Gasteiger partial charge >= 0.3 is 0 Å². The number of fused-ring (bicyclic) bond motifs is 1. The largest absolute Gasteiger partial charge is 0.392 e. The summed E-state index contributed by atoms with van der Waals surface area (Å²) in [5, 5.41) is 12.4. The fourth-order valence-electron chi connectivity index (χ4n) is 1.22. The molecule has 2 rings (SSSR count). The molecule has 1 aromatic carbocycles. The smallest absolute Gasteiger partial charge is 0.0704 e. The minimum absolute atomic E-state index is 0.0506. The van der Waals surface area contributed by atoms with Crippen LogP contribution in [0.4, 0.5) is 0 Å². The molecule has 1 aromatic heterocycles. The molecule has 0 spiro atoms. The van der Waals surface area contributed by atoms with E-state index in [4.69, 9.17) is 5.11 Å². The van der Waals surface area contributed by atoms with Crippen molar-refractivity contribution in [1.29, 1.82) is 0 Å². The zero-order chi connectivity index (χ0) is 9.42. The maximum Gasteiger partial charge on any atom is 0.0704 e. The minimum atomic E-state index is 0.0506. The molecule has 0 saturated heterocycles. The average molecular weight is 322 g/mol. The van der Waals surface area contributed by atoms with Gasteiger partial charge in [-0.15, -0.1) is 11.3 Å². The topological polar surface area (TPSA) is 20.2 Å². The quantitative estimate of drug-likeness (QED) is 0.844. The summed E-state index contributed by atoms with van der Waals surface area (Å²) in [6, 6.07) is 4.10. The Morgan fingerprint density at radius 1 is 1.38 bits per heavy atom. The van der Waals surface area contributed by atoms with Crippen LogP contribution in [0, 0.1) is 0 Å². The van der Waals surface area contributed by atoms with Gasteiger partial charge in [0.15, 0.2) is 0 Å². The Morgan fingerprint density at radius 2 is 2.15 bits per heavy atom. The fraction of sp³-hybridized carbons (Fsp3) is 0.111. The first-order chi connectivity index (χ1) is 6.24. The van der Waals surface area contributed by atoms with Gasteiger partial charge in [0.1, 0.15) is 0 Å². The molecule has 1 nitrogen and oxygen atoms in total. The molecule has 0 bridgehead atoms. The maximum atomic E-state index is 9.14. The minimum Gasteiger partial charge on any atom is -0.392 e. The third-order valence-electron chi connectivity index (χ3n) is 1.89. The first-order valence-electron chi connectivity index (χ1n) is 3.69. The molecule has 1 heterocycles. The van der Waals surface area contributed by atoms with E-state index in [9.17, 15) is 0 Å². The van der Waals surface area contributed by atoms with Crippen LogP contribution in [0.5, 0.6) is 0 Å². The number of aliphatic hydroxyl groups is 1. The molecule has 0 atom stereocenters. The first-order valence-corrected chi connectivity index (χ1v) is 6.15. The lowest BCUT2D eigenvalue weighted by atomic mass is 10.2. The highest BCUT2D eigenvalue weighted by molar-refractivity contribution is 9.11. The van der Waals surface area contributed by atoms with Gasteiger partial charge in [-0.3, -0.25) is 0 Å². The van der Waals surface area contributed by atoms with Crippen molar-refractivity contribution in [3.63, 3.8) is 0 Å². The summed E-state index contributed by atoms with van der Waals surface area (Å²) >= 11 is 8.59. The Kier molecular flexibility index (Phi) is 2.74. The van der Waals surface area contributed by atoms with Crippen LogP contribution >= 0.6 is 43.2 Å². The van der Waals surface area contributed by atoms with E-state index in [2.05, 4.69) is 37.9 Å². The van der Waals surface area contributed by atoms with Gasteiger partial charge in [0.2, 0.25) is 0 Å². The third-order valence-corrected chi connectivity index (χ3v) is 4.68. The van der Waals surface area contributed by atoms with Gasteiger partial charge in [0.05, 0.1) is 6.61 Å². The van der Waals surface area contributed by atoms with Crippen LogP contribution in [-0.4, -0.2) is 5.11 Å². The van der Waals surface area contributed by atoms with Crippen LogP contribution < -0.4 is 0 Å². The van der Waals surface area contributed by atoms with Crippen molar-refractivity contribution < 1.29 is 5.11 Å². The van der Waals surface area contributed by atoms with Crippen LogP contribution in [0.15, 0.2) is 26.5 Å². The molecular formula is C9H6Br2OS. The first kappa shape index (κ1) is 9.65.